The Morgan fingerprint density at radius 3 is 2.69 bits per heavy atom. The number of carbonyl (C=O) groups is 1. The number of hydrogen-bond acceptors (Lipinski definition) is 2. The van der Waals surface area contributed by atoms with Crippen LogP contribution in [0, 0.1) is 0 Å². The molecule has 0 heterocycles. The lowest BCUT2D eigenvalue weighted by atomic mass is 10.1. The zero-order valence-electron chi connectivity index (χ0n) is 8.27. The fourth-order valence-corrected chi connectivity index (χ4v) is 1.77. The Hall–Kier alpha value is -0.510. The average Bonchev–Trinajstić information content (AvgIpc) is 2.22. The first-order chi connectivity index (χ1) is 7.41. The summed E-state index contributed by atoms with van der Waals surface area (Å²) in [6.45, 7) is 1.57. The Kier molecular flexibility index (Phi) is 4.42. The summed E-state index contributed by atoms with van der Waals surface area (Å²) in [5, 5.41) is -2.81. The summed E-state index contributed by atoms with van der Waals surface area (Å²) in [4.78, 5) is 11.3. The molecule has 0 aliphatic heterocycles. The van der Waals surface area contributed by atoms with E-state index < -0.39 is 11.1 Å². The fourth-order valence-electron chi connectivity index (χ4n) is 1.08. The third-order valence-corrected chi connectivity index (χ3v) is 3.00. The minimum Gasteiger partial charge on any atom is -0.462 e. The highest BCUT2D eigenvalue weighted by Crippen LogP contribution is 2.39. The number of rotatable bonds is 3. The van der Waals surface area contributed by atoms with Gasteiger partial charge in [-0.2, -0.15) is 0 Å². The summed E-state index contributed by atoms with van der Waals surface area (Å²) in [7, 11) is 0. The molecule has 0 fully saturated rings. The van der Waals surface area contributed by atoms with Crippen LogP contribution in [0.5, 0.6) is 0 Å². The Balaban J connectivity index is 3.16. The van der Waals surface area contributed by atoms with Crippen LogP contribution in [-0.2, 0) is 14.7 Å². The molecule has 1 unspecified atom stereocenters. The van der Waals surface area contributed by atoms with Gasteiger partial charge in [0.2, 0.25) is 0 Å². The van der Waals surface area contributed by atoms with Gasteiger partial charge in [-0.1, -0.05) is 46.9 Å². The number of carbonyl (C=O) groups excluding carboxylic acids is 1. The number of hydrogen-bond donors (Lipinski definition) is 0. The van der Waals surface area contributed by atoms with Crippen molar-refractivity contribution >= 4 is 40.8 Å². The molecule has 1 atom stereocenters. The highest BCUT2D eigenvalue weighted by molar-refractivity contribution is 6.44. The van der Waals surface area contributed by atoms with Crippen LogP contribution >= 0.6 is 34.8 Å². The predicted molar refractivity (Wildman–Crippen MR) is 61.7 cm³/mol. The van der Waals surface area contributed by atoms with E-state index in [-0.39, 0.29) is 22.2 Å². The maximum absolute atomic E-state index is 14.0. The van der Waals surface area contributed by atoms with Gasteiger partial charge in [-0.15, -0.1) is 0 Å². The maximum atomic E-state index is 14.0. The molecular formula is C10H8Cl3FO2. The van der Waals surface area contributed by atoms with Gasteiger partial charge in [0.1, 0.15) is 0 Å². The summed E-state index contributed by atoms with van der Waals surface area (Å²) >= 11 is 16.9. The number of benzene rings is 1. The molecule has 0 radical (unpaired) electrons. The monoisotopic (exact) mass is 284 g/mol. The first-order valence-electron chi connectivity index (χ1n) is 4.40. The second kappa shape index (κ2) is 5.21. The van der Waals surface area contributed by atoms with E-state index in [1.54, 1.807) is 6.92 Å². The zero-order valence-corrected chi connectivity index (χ0v) is 10.5. The smallest absolute Gasteiger partial charge is 0.364 e. The highest BCUT2D eigenvalue weighted by Gasteiger charge is 2.42. The van der Waals surface area contributed by atoms with Crippen LogP contribution in [-0.4, -0.2) is 12.6 Å². The van der Waals surface area contributed by atoms with E-state index in [2.05, 4.69) is 4.74 Å². The Morgan fingerprint density at radius 1 is 1.50 bits per heavy atom. The minimum absolute atomic E-state index is 0.0232. The van der Waals surface area contributed by atoms with E-state index in [1.165, 1.54) is 18.2 Å². The molecule has 1 rings (SSSR count). The van der Waals surface area contributed by atoms with E-state index in [4.69, 9.17) is 34.8 Å². The Bertz CT molecular complexity index is 407. The molecule has 0 spiro atoms. The van der Waals surface area contributed by atoms with Crippen LogP contribution in [0.15, 0.2) is 18.2 Å². The van der Waals surface area contributed by atoms with Crippen molar-refractivity contribution in [2.45, 2.75) is 12.1 Å². The molecule has 0 saturated carbocycles. The molecule has 1 aromatic carbocycles. The third kappa shape index (κ3) is 2.59. The van der Waals surface area contributed by atoms with Gasteiger partial charge in [-0.05, 0) is 13.0 Å². The van der Waals surface area contributed by atoms with Gasteiger partial charge in [0.05, 0.1) is 16.7 Å². The first-order valence-corrected chi connectivity index (χ1v) is 5.54. The summed E-state index contributed by atoms with van der Waals surface area (Å²) < 4.78 is 18.5. The standard InChI is InChI=1S/C10H8Cl3FO2/c1-2-16-9(15)10(13,14)6-4-3-5-7(11)8(6)12/h3-5H,2H2,1H3. The topological polar surface area (TPSA) is 26.3 Å². The lowest BCUT2D eigenvalue weighted by Gasteiger charge is -2.17. The number of alkyl halides is 2. The van der Waals surface area contributed by atoms with Crippen molar-refractivity contribution in [3.8, 4) is 0 Å². The fraction of sp³-hybridized carbons (Fsp3) is 0.300. The predicted octanol–water partition coefficient (Wildman–Crippen LogP) is 3.92. The molecule has 1 aromatic rings. The molecule has 0 amide bonds. The lowest BCUT2D eigenvalue weighted by Crippen LogP contribution is -2.27. The van der Waals surface area contributed by atoms with Gasteiger partial charge < -0.3 is 4.74 Å². The van der Waals surface area contributed by atoms with Gasteiger partial charge in [-0.25, -0.2) is 9.18 Å². The zero-order chi connectivity index (χ0) is 12.3. The molecule has 0 aromatic heterocycles. The highest BCUT2D eigenvalue weighted by atomic mass is 35.5. The van der Waals surface area contributed by atoms with Crippen LogP contribution in [0.25, 0.3) is 0 Å². The van der Waals surface area contributed by atoms with Crippen LogP contribution in [0.2, 0.25) is 10.0 Å². The normalized spacial score (nSPS) is 14.3. The molecule has 2 nitrogen and oxygen atoms in total. The SMILES string of the molecule is CCOC(=O)C(F)(Cl)c1cccc(Cl)c1Cl. The average molecular weight is 286 g/mol. The largest absolute Gasteiger partial charge is 0.462 e. The Morgan fingerprint density at radius 2 is 2.12 bits per heavy atom. The van der Waals surface area contributed by atoms with Gasteiger partial charge in [0.15, 0.2) is 0 Å². The van der Waals surface area contributed by atoms with Crippen molar-refractivity contribution in [1.29, 1.82) is 0 Å². The van der Waals surface area contributed by atoms with E-state index in [0.29, 0.717) is 0 Å². The molecule has 0 bridgehead atoms. The quantitative estimate of drug-likeness (QED) is 0.621. The lowest BCUT2D eigenvalue weighted by molar-refractivity contribution is -0.152. The van der Waals surface area contributed by atoms with Crippen molar-refractivity contribution in [2.24, 2.45) is 0 Å². The van der Waals surface area contributed by atoms with E-state index in [0.717, 1.165) is 0 Å². The molecule has 0 saturated heterocycles. The van der Waals surface area contributed by atoms with Crippen LogP contribution in [0.3, 0.4) is 0 Å². The summed E-state index contributed by atoms with van der Waals surface area (Å²) in [5.74, 6) is -1.21. The van der Waals surface area contributed by atoms with Crippen LogP contribution < -0.4 is 0 Å². The Labute approximate surface area is 107 Å². The van der Waals surface area contributed by atoms with Gasteiger partial charge in [0.25, 0.3) is 0 Å². The van der Waals surface area contributed by atoms with Crippen molar-refractivity contribution in [3.63, 3.8) is 0 Å². The van der Waals surface area contributed by atoms with Crippen LogP contribution in [0.4, 0.5) is 4.39 Å². The second-order valence-electron chi connectivity index (χ2n) is 2.90. The number of halogens is 4. The number of esters is 1. The van der Waals surface area contributed by atoms with Gasteiger partial charge in [-0.3, -0.25) is 0 Å². The molecule has 88 valence electrons. The van der Waals surface area contributed by atoms with Gasteiger partial charge in [0, 0.05) is 5.56 Å². The molecule has 0 aliphatic carbocycles. The first kappa shape index (κ1) is 13.6. The molecule has 6 heteroatoms. The van der Waals surface area contributed by atoms with E-state index >= 15 is 0 Å². The molecule has 0 N–H and O–H groups in total. The summed E-state index contributed by atoms with van der Waals surface area (Å²) in [6, 6.07) is 4.18. The van der Waals surface area contributed by atoms with Crippen LogP contribution in [0.1, 0.15) is 12.5 Å². The van der Waals surface area contributed by atoms with Crippen molar-refractivity contribution < 1.29 is 13.9 Å². The van der Waals surface area contributed by atoms with Gasteiger partial charge >= 0.3 is 11.1 Å². The van der Waals surface area contributed by atoms with Crippen molar-refractivity contribution in [3.05, 3.63) is 33.8 Å². The van der Waals surface area contributed by atoms with Crippen molar-refractivity contribution in [1.82, 2.24) is 0 Å². The summed E-state index contributed by atoms with van der Waals surface area (Å²) in [5.41, 5.74) is -0.221. The number of ether oxygens (including phenoxy) is 1. The maximum Gasteiger partial charge on any atom is 0.364 e. The van der Waals surface area contributed by atoms with E-state index in [9.17, 15) is 9.18 Å². The second-order valence-corrected chi connectivity index (χ2v) is 4.20. The third-order valence-electron chi connectivity index (χ3n) is 1.82. The van der Waals surface area contributed by atoms with E-state index in [1.807, 2.05) is 0 Å². The molecular weight excluding hydrogens is 277 g/mol. The van der Waals surface area contributed by atoms with Crippen molar-refractivity contribution in [2.75, 3.05) is 6.61 Å². The molecule has 16 heavy (non-hydrogen) atoms. The minimum atomic E-state index is -2.82. The summed E-state index contributed by atoms with van der Waals surface area (Å²) in [6.07, 6.45) is 0. The molecule has 0 aliphatic rings.